The standard InChI is InChI=1S/C15H20ClNO3/c1-20-14-5-4-13(16)8-12(14)10-17-6-2-3-11(9-17)7-15(18)19/h4-5,8,11H,2-3,6-7,9-10H2,1H3,(H,18,19). The number of carbonyl (C=O) groups is 1. The first kappa shape index (κ1) is 15.1. The van der Waals surface area contributed by atoms with Crippen molar-refractivity contribution in [2.45, 2.75) is 25.8 Å². The summed E-state index contributed by atoms with van der Waals surface area (Å²) in [6.45, 7) is 2.56. The van der Waals surface area contributed by atoms with Crippen molar-refractivity contribution in [3.8, 4) is 5.75 Å². The molecule has 1 saturated heterocycles. The van der Waals surface area contributed by atoms with Gasteiger partial charge < -0.3 is 9.84 Å². The van der Waals surface area contributed by atoms with Gasteiger partial charge in [0.15, 0.2) is 0 Å². The minimum Gasteiger partial charge on any atom is -0.496 e. The average molecular weight is 298 g/mol. The van der Waals surface area contributed by atoms with Crippen LogP contribution in [0.15, 0.2) is 18.2 Å². The summed E-state index contributed by atoms with van der Waals surface area (Å²) in [5.74, 6) is 0.360. The summed E-state index contributed by atoms with van der Waals surface area (Å²) < 4.78 is 5.35. The maximum absolute atomic E-state index is 10.8. The molecule has 2 rings (SSSR count). The summed E-state index contributed by atoms with van der Waals surface area (Å²) in [5, 5.41) is 9.60. The molecule has 1 fully saturated rings. The maximum atomic E-state index is 10.8. The van der Waals surface area contributed by atoms with Crippen molar-refractivity contribution in [1.82, 2.24) is 4.90 Å². The molecule has 0 radical (unpaired) electrons. The predicted molar refractivity (Wildman–Crippen MR) is 78.3 cm³/mol. The molecule has 5 heteroatoms. The largest absolute Gasteiger partial charge is 0.496 e. The first-order valence-electron chi connectivity index (χ1n) is 6.85. The number of carboxylic acid groups (broad SMARTS) is 1. The summed E-state index contributed by atoms with van der Waals surface area (Å²) in [5.41, 5.74) is 1.05. The zero-order chi connectivity index (χ0) is 14.5. The molecule has 1 heterocycles. The van der Waals surface area contributed by atoms with Crippen molar-refractivity contribution < 1.29 is 14.6 Å². The number of likely N-dealkylation sites (tertiary alicyclic amines) is 1. The molecule has 0 aromatic heterocycles. The number of rotatable bonds is 5. The second-order valence-corrected chi connectivity index (χ2v) is 5.73. The van der Waals surface area contributed by atoms with Crippen molar-refractivity contribution in [1.29, 1.82) is 0 Å². The highest BCUT2D eigenvalue weighted by atomic mass is 35.5. The van der Waals surface area contributed by atoms with Crippen molar-refractivity contribution in [3.63, 3.8) is 0 Å². The summed E-state index contributed by atoms with van der Waals surface area (Å²) in [6.07, 6.45) is 2.29. The summed E-state index contributed by atoms with van der Waals surface area (Å²) in [7, 11) is 1.65. The molecule has 4 nitrogen and oxygen atoms in total. The minimum atomic E-state index is -0.711. The van der Waals surface area contributed by atoms with Gasteiger partial charge in [0.1, 0.15) is 5.75 Å². The van der Waals surface area contributed by atoms with E-state index in [1.807, 2.05) is 18.2 Å². The Morgan fingerprint density at radius 3 is 3.05 bits per heavy atom. The molecule has 0 amide bonds. The third kappa shape index (κ3) is 4.12. The van der Waals surface area contributed by atoms with Gasteiger partial charge in [0.05, 0.1) is 7.11 Å². The monoisotopic (exact) mass is 297 g/mol. The van der Waals surface area contributed by atoms with Crippen molar-refractivity contribution in [3.05, 3.63) is 28.8 Å². The van der Waals surface area contributed by atoms with Crippen LogP contribution in [0.5, 0.6) is 5.75 Å². The minimum absolute atomic E-state index is 0.242. The Labute approximate surface area is 124 Å². The smallest absolute Gasteiger partial charge is 0.303 e. The Kier molecular flexibility index (Phi) is 5.26. The van der Waals surface area contributed by atoms with Crippen LogP contribution in [-0.4, -0.2) is 36.2 Å². The quantitative estimate of drug-likeness (QED) is 0.907. The van der Waals surface area contributed by atoms with Crippen molar-refractivity contribution in [2.24, 2.45) is 5.92 Å². The molecule has 1 N–H and O–H groups in total. The van der Waals surface area contributed by atoms with Crippen LogP contribution < -0.4 is 4.74 Å². The molecule has 0 spiro atoms. The Hall–Kier alpha value is -1.26. The first-order chi connectivity index (χ1) is 9.58. The molecule has 1 atom stereocenters. The van der Waals surface area contributed by atoms with Gasteiger partial charge in [0.25, 0.3) is 0 Å². The Morgan fingerprint density at radius 2 is 2.35 bits per heavy atom. The van der Waals surface area contributed by atoms with E-state index in [-0.39, 0.29) is 12.3 Å². The third-order valence-corrected chi connectivity index (χ3v) is 3.94. The van der Waals surface area contributed by atoms with Gasteiger partial charge >= 0.3 is 5.97 Å². The van der Waals surface area contributed by atoms with Crippen LogP contribution in [0.3, 0.4) is 0 Å². The predicted octanol–water partition coefficient (Wildman–Crippen LogP) is 3.04. The highest BCUT2D eigenvalue weighted by molar-refractivity contribution is 6.30. The Bertz CT molecular complexity index is 478. The molecule has 1 aliphatic heterocycles. The molecular weight excluding hydrogens is 278 g/mol. The van der Waals surface area contributed by atoms with E-state index in [0.717, 1.165) is 43.8 Å². The van der Waals surface area contributed by atoms with Crippen molar-refractivity contribution in [2.75, 3.05) is 20.2 Å². The zero-order valence-corrected chi connectivity index (χ0v) is 12.4. The van der Waals surface area contributed by atoms with Gasteiger partial charge in [0, 0.05) is 30.1 Å². The number of piperidine rings is 1. The molecule has 1 aliphatic rings. The van der Waals surface area contributed by atoms with Crippen LogP contribution >= 0.6 is 11.6 Å². The van der Waals surface area contributed by atoms with Gasteiger partial charge in [-0.2, -0.15) is 0 Å². The van der Waals surface area contributed by atoms with Gasteiger partial charge in [-0.1, -0.05) is 11.6 Å². The molecular formula is C15H20ClNO3. The number of nitrogens with zero attached hydrogens (tertiary/aromatic N) is 1. The number of methoxy groups -OCH3 is 1. The Morgan fingerprint density at radius 1 is 1.55 bits per heavy atom. The van der Waals surface area contributed by atoms with Crippen LogP contribution in [0.4, 0.5) is 0 Å². The average Bonchev–Trinajstić information content (AvgIpc) is 2.38. The van der Waals surface area contributed by atoms with E-state index in [0.29, 0.717) is 5.02 Å². The van der Waals surface area contributed by atoms with Crippen LogP contribution in [0.1, 0.15) is 24.8 Å². The molecule has 0 aliphatic carbocycles. The summed E-state index contributed by atoms with van der Waals surface area (Å²) in [6, 6.07) is 5.60. The fourth-order valence-electron chi connectivity index (χ4n) is 2.82. The van der Waals surface area contributed by atoms with Crippen LogP contribution in [0.25, 0.3) is 0 Å². The van der Waals surface area contributed by atoms with Gasteiger partial charge in [-0.05, 0) is 43.5 Å². The van der Waals surface area contributed by atoms with E-state index >= 15 is 0 Å². The molecule has 1 aromatic carbocycles. The van der Waals surface area contributed by atoms with E-state index in [9.17, 15) is 4.79 Å². The summed E-state index contributed by atoms with van der Waals surface area (Å²) in [4.78, 5) is 13.1. The fourth-order valence-corrected chi connectivity index (χ4v) is 3.01. The number of hydrogen-bond acceptors (Lipinski definition) is 3. The molecule has 0 bridgehead atoms. The SMILES string of the molecule is COc1ccc(Cl)cc1CN1CCCC(CC(=O)O)C1. The topological polar surface area (TPSA) is 49.8 Å². The molecule has 110 valence electrons. The van der Waals surface area contributed by atoms with E-state index in [2.05, 4.69) is 4.90 Å². The van der Waals surface area contributed by atoms with E-state index in [1.165, 1.54) is 0 Å². The van der Waals surface area contributed by atoms with Crippen molar-refractivity contribution >= 4 is 17.6 Å². The van der Waals surface area contributed by atoms with Gasteiger partial charge in [0.2, 0.25) is 0 Å². The number of carboxylic acids is 1. The highest BCUT2D eigenvalue weighted by Crippen LogP contribution is 2.27. The Balaban J connectivity index is 2.02. The van der Waals surface area contributed by atoms with E-state index in [1.54, 1.807) is 7.11 Å². The first-order valence-corrected chi connectivity index (χ1v) is 7.23. The molecule has 1 unspecified atom stereocenters. The zero-order valence-electron chi connectivity index (χ0n) is 11.6. The third-order valence-electron chi connectivity index (χ3n) is 3.70. The van der Waals surface area contributed by atoms with Crippen LogP contribution in [-0.2, 0) is 11.3 Å². The lowest BCUT2D eigenvalue weighted by atomic mass is 9.94. The summed E-state index contributed by atoms with van der Waals surface area (Å²) >= 11 is 6.04. The number of halogens is 1. The molecule has 0 saturated carbocycles. The lowest BCUT2D eigenvalue weighted by Gasteiger charge is -2.32. The second-order valence-electron chi connectivity index (χ2n) is 5.30. The second kappa shape index (κ2) is 6.95. The number of ether oxygens (including phenoxy) is 1. The van der Waals surface area contributed by atoms with Gasteiger partial charge in [-0.15, -0.1) is 0 Å². The lowest BCUT2D eigenvalue weighted by Crippen LogP contribution is -2.35. The number of aliphatic carboxylic acids is 1. The van der Waals surface area contributed by atoms with Gasteiger partial charge in [-0.25, -0.2) is 0 Å². The maximum Gasteiger partial charge on any atom is 0.303 e. The van der Waals surface area contributed by atoms with Gasteiger partial charge in [-0.3, -0.25) is 9.69 Å². The lowest BCUT2D eigenvalue weighted by molar-refractivity contribution is -0.138. The normalized spacial score (nSPS) is 19.8. The molecule has 20 heavy (non-hydrogen) atoms. The highest BCUT2D eigenvalue weighted by Gasteiger charge is 2.22. The fraction of sp³-hybridized carbons (Fsp3) is 0.533. The number of benzene rings is 1. The molecule has 1 aromatic rings. The van der Waals surface area contributed by atoms with Crippen LogP contribution in [0, 0.1) is 5.92 Å². The number of hydrogen-bond donors (Lipinski definition) is 1. The van der Waals surface area contributed by atoms with Crippen LogP contribution in [0.2, 0.25) is 5.02 Å². The van der Waals surface area contributed by atoms with E-state index < -0.39 is 5.97 Å². The van der Waals surface area contributed by atoms with E-state index in [4.69, 9.17) is 21.4 Å².